The van der Waals surface area contributed by atoms with E-state index in [0.29, 0.717) is 5.56 Å². The van der Waals surface area contributed by atoms with E-state index in [1.165, 1.54) is 6.07 Å². The maximum Gasteiger partial charge on any atom is 0.270 e. The van der Waals surface area contributed by atoms with Gasteiger partial charge >= 0.3 is 0 Å². The summed E-state index contributed by atoms with van der Waals surface area (Å²) in [5.41, 5.74) is -0.301. The van der Waals surface area contributed by atoms with E-state index >= 15 is 0 Å². The molecule has 0 aliphatic heterocycles. The average Bonchev–Trinajstić information content (AvgIpc) is 2.63. The van der Waals surface area contributed by atoms with E-state index in [4.69, 9.17) is 0 Å². The first-order chi connectivity index (χ1) is 12.0. The zero-order valence-corrected chi connectivity index (χ0v) is 13.9. The molecule has 128 valence electrons. The van der Waals surface area contributed by atoms with Crippen molar-refractivity contribution in [1.82, 2.24) is 10.3 Å². The Bertz CT molecular complexity index is 913. The van der Waals surface area contributed by atoms with Crippen molar-refractivity contribution in [2.24, 2.45) is 0 Å². The van der Waals surface area contributed by atoms with Crippen LogP contribution in [0.1, 0.15) is 23.0 Å². The van der Waals surface area contributed by atoms with Gasteiger partial charge in [-0.1, -0.05) is 42.5 Å². The van der Waals surface area contributed by atoms with Gasteiger partial charge in [0.05, 0.1) is 12.1 Å². The molecule has 0 fully saturated rings. The molecule has 1 atom stereocenters. The summed E-state index contributed by atoms with van der Waals surface area (Å²) >= 11 is 0. The van der Waals surface area contributed by atoms with Gasteiger partial charge in [0.15, 0.2) is 0 Å². The smallest absolute Gasteiger partial charge is 0.270 e. The number of nitrogens with one attached hydrogen (secondary N) is 1. The molecule has 0 aliphatic rings. The quantitative estimate of drug-likeness (QED) is 0.751. The van der Waals surface area contributed by atoms with Crippen molar-refractivity contribution in [3.05, 3.63) is 77.9 Å². The SMILES string of the molecule is CC(CO)(Cc1ccccc1F)NC(=O)c1cc2ccccc2cn1. The van der Waals surface area contributed by atoms with E-state index in [1.54, 1.807) is 37.4 Å². The van der Waals surface area contributed by atoms with Gasteiger partial charge in [-0.15, -0.1) is 0 Å². The Morgan fingerprint density at radius 3 is 2.56 bits per heavy atom. The number of carbonyl (C=O) groups is 1. The highest BCUT2D eigenvalue weighted by Crippen LogP contribution is 2.18. The average molecular weight is 338 g/mol. The minimum atomic E-state index is -0.993. The van der Waals surface area contributed by atoms with Gasteiger partial charge in [-0.3, -0.25) is 9.78 Å². The molecule has 3 aromatic rings. The maximum atomic E-state index is 13.9. The fourth-order valence-corrected chi connectivity index (χ4v) is 2.75. The van der Waals surface area contributed by atoms with Gasteiger partial charge in [0.1, 0.15) is 11.5 Å². The highest BCUT2D eigenvalue weighted by Gasteiger charge is 2.28. The summed E-state index contributed by atoms with van der Waals surface area (Å²) in [6.45, 7) is 1.36. The fraction of sp³-hybridized carbons (Fsp3) is 0.200. The predicted molar refractivity (Wildman–Crippen MR) is 94.8 cm³/mol. The van der Waals surface area contributed by atoms with Crippen molar-refractivity contribution >= 4 is 16.7 Å². The number of aromatic nitrogens is 1. The molecule has 2 aromatic carbocycles. The molecule has 0 radical (unpaired) electrons. The number of carbonyl (C=O) groups excluding carboxylic acids is 1. The molecular formula is C20H19FN2O2. The molecule has 1 heterocycles. The lowest BCUT2D eigenvalue weighted by Crippen LogP contribution is -2.51. The Hall–Kier alpha value is -2.79. The summed E-state index contributed by atoms with van der Waals surface area (Å²) in [5, 5.41) is 14.4. The number of rotatable bonds is 5. The maximum absolute atomic E-state index is 13.9. The van der Waals surface area contributed by atoms with Crippen LogP contribution in [-0.2, 0) is 6.42 Å². The van der Waals surface area contributed by atoms with E-state index < -0.39 is 11.4 Å². The van der Waals surface area contributed by atoms with Crippen LogP contribution < -0.4 is 5.32 Å². The van der Waals surface area contributed by atoms with Crippen LogP contribution in [0.2, 0.25) is 0 Å². The van der Waals surface area contributed by atoms with E-state index in [1.807, 2.05) is 24.3 Å². The second kappa shape index (κ2) is 6.99. The second-order valence-corrected chi connectivity index (χ2v) is 6.36. The van der Waals surface area contributed by atoms with Crippen molar-refractivity contribution in [3.63, 3.8) is 0 Å². The number of hydrogen-bond donors (Lipinski definition) is 2. The molecule has 2 N–H and O–H groups in total. The van der Waals surface area contributed by atoms with Crippen LogP contribution in [0.3, 0.4) is 0 Å². The van der Waals surface area contributed by atoms with Crippen LogP contribution in [-0.4, -0.2) is 28.1 Å². The van der Waals surface area contributed by atoms with Crippen molar-refractivity contribution in [2.45, 2.75) is 18.9 Å². The third kappa shape index (κ3) is 3.83. The van der Waals surface area contributed by atoms with E-state index in [0.717, 1.165) is 10.8 Å². The number of aliphatic hydroxyl groups is 1. The van der Waals surface area contributed by atoms with Crippen LogP contribution >= 0.6 is 0 Å². The fourth-order valence-electron chi connectivity index (χ4n) is 2.75. The standard InChI is InChI=1S/C20H19FN2O2/c1-20(13-24,11-15-7-4-5-9-17(15)21)23-19(25)18-10-14-6-2-3-8-16(14)12-22-18/h2-10,12,24H,11,13H2,1H3,(H,23,25). The van der Waals surface area contributed by atoms with Gasteiger partial charge in [-0.05, 0) is 30.0 Å². The second-order valence-electron chi connectivity index (χ2n) is 6.36. The minimum Gasteiger partial charge on any atom is -0.394 e. The Balaban J connectivity index is 1.82. The number of benzene rings is 2. The van der Waals surface area contributed by atoms with Crippen molar-refractivity contribution in [3.8, 4) is 0 Å². The normalized spacial score (nSPS) is 13.4. The molecule has 25 heavy (non-hydrogen) atoms. The van der Waals surface area contributed by atoms with Gasteiger partial charge in [-0.2, -0.15) is 0 Å². The van der Waals surface area contributed by atoms with Crippen molar-refractivity contribution in [2.75, 3.05) is 6.61 Å². The molecule has 0 spiro atoms. The van der Waals surface area contributed by atoms with Crippen molar-refractivity contribution < 1.29 is 14.3 Å². The highest BCUT2D eigenvalue weighted by molar-refractivity contribution is 5.96. The summed E-state index contributed by atoms with van der Waals surface area (Å²) in [6.07, 6.45) is 1.81. The molecular weight excluding hydrogens is 319 g/mol. The van der Waals surface area contributed by atoms with E-state index in [2.05, 4.69) is 10.3 Å². The van der Waals surface area contributed by atoms with Gasteiger partial charge in [0.25, 0.3) is 5.91 Å². The zero-order valence-electron chi connectivity index (χ0n) is 13.9. The van der Waals surface area contributed by atoms with Gasteiger partial charge in [-0.25, -0.2) is 4.39 Å². The van der Waals surface area contributed by atoms with Gasteiger partial charge < -0.3 is 10.4 Å². The lowest BCUT2D eigenvalue weighted by molar-refractivity contribution is 0.0846. The van der Waals surface area contributed by atoms with Gasteiger partial charge in [0, 0.05) is 18.0 Å². The molecule has 0 saturated heterocycles. The molecule has 5 heteroatoms. The number of fused-ring (bicyclic) bond motifs is 1. The summed E-state index contributed by atoms with van der Waals surface area (Å²) < 4.78 is 13.9. The van der Waals surface area contributed by atoms with Gasteiger partial charge in [0.2, 0.25) is 0 Å². The molecule has 4 nitrogen and oxygen atoms in total. The Labute approximate surface area is 145 Å². The number of halogens is 1. The summed E-state index contributed by atoms with van der Waals surface area (Å²) in [4.78, 5) is 16.7. The van der Waals surface area contributed by atoms with E-state index in [-0.39, 0.29) is 24.5 Å². The predicted octanol–water partition coefficient (Wildman–Crippen LogP) is 3.10. The Morgan fingerprint density at radius 1 is 1.16 bits per heavy atom. The first-order valence-electron chi connectivity index (χ1n) is 8.02. The van der Waals surface area contributed by atoms with Crippen LogP contribution in [0, 0.1) is 5.82 Å². The Kier molecular flexibility index (Phi) is 4.76. The molecule has 1 aromatic heterocycles. The zero-order chi connectivity index (χ0) is 17.9. The Morgan fingerprint density at radius 2 is 1.84 bits per heavy atom. The first kappa shape index (κ1) is 17.0. The largest absolute Gasteiger partial charge is 0.394 e. The summed E-state index contributed by atoms with van der Waals surface area (Å²) in [5.74, 6) is -0.765. The number of hydrogen-bond acceptors (Lipinski definition) is 3. The molecule has 1 amide bonds. The number of pyridine rings is 1. The number of amides is 1. The topological polar surface area (TPSA) is 62.2 Å². The third-order valence-electron chi connectivity index (χ3n) is 4.17. The van der Waals surface area contributed by atoms with E-state index in [9.17, 15) is 14.3 Å². The summed E-state index contributed by atoms with van der Waals surface area (Å²) in [7, 11) is 0. The molecule has 0 saturated carbocycles. The van der Waals surface area contributed by atoms with Crippen LogP contribution in [0.25, 0.3) is 10.8 Å². The monoisotopic (exact) mass is 338 g/mol. The van der Waals surface area contributed by atoms with Crippen LogP contribution in [0.15, 0.2) is 60.8 Å². The van der Waals surface area contributed by atoms with Crippen LogP contribution in [0.5, 0.6) is 0 Å². The first-order valence-corrected chi connectivity index (χ1v) is 8.02. The molecule has 3 rings (SSSR count). The minimum absolute atomic E-state index is 0.176. The highest BCUT2D eigenvalue weighted by atomic mass is 19.1. The summed E-state index contributed by atoms with van der Waals surface area (Å²) in [6, 6.07) is 15.6. The number of aliphatic hydroxyl groups excluding tert-OH is 1. The van der Waals surface area contributed by atoms with Crippen molar-refractivity contribution in [1.29, 1.82) is 0 Å². The molecule has 0 bridgehead atoms. The van der Waals surface area contributed by atoms with Crippen LogP contribution in [0.4, 0.5) is 4.39 Å². The number of nitrogens with zero attached hydrogens (tertiary/aromatic N) is 1. The third-order valence-corrected chi connectivity index (χ3v) is 4.17. The lowest BCUT2D eigenvalue weighted by Gasteiger charge is -2.29. The lowest BCUT2D eigenvalue weighted by atomic mass is 9.93. The molecule has 0 aliphatic carbocycles. The molecule has 1 unspecified atom stereocenters.